The van der Waals surface area contributed by atoms with Crippen molar-refractivity contribution < 1.29 is 9.47 Å². The largest absolute Gasteiger partial charge is 0.496 e. The van der Waals surface area contributed by atoms with E-state index in [0.29, 0.717) is 19.6 Å². The normalized spacial score (nSPS) is 17.3. The van der Waals surface area contributed by atoms with Crippen LogP contribution in [0.15, 0.2) is 18.2 Å². The van der Waals surface area contributed by atoms with E-state index in [1.54, 1.807) is 7.11 Å². The van der Waals surface area contributed by atoms with E-state index in [2.05, 4.69) is 12.1 Å². The molecular formula is C13H15NO2. The van der Waals surface area contributed by atoms with Crippen LogP contribution in [0, 0.1) is 18.3 Å². The summed E-state index contributed by atoms with van der Waals surface area (Å²) in [5.41, 5.74) is 2.19. The molecule has 1 aliphatic rings. The molecule has 1 fully saturated rings. The van der Waals surface area contributed by atoms with Crippen molar-refractivity contribution in [2.45, 2.75) is 18.8 Å². The molecule has 3 nitrogen and oxygen atoms in total. The van der Waals surface area contributed by atoms with Crippen LogP contribution >= 0.6 is 0 Å². The van der Waals surface area contributed by atoms with Gasteiger partial charge in [0.2, 0.25) is 0 Å². The molecule has 0 amide bonds. The lowest BCUT2D eigenvalue weighted by Gasteiger charge is -2.40. The van der Waals surface area contributed by atoms with Gasteiger partial charge in [-0.25, -0.2) is 0 Å². The molecule has 1 aromatic carbocycles. The average molecular weight is 217 g/mol. The maximum atomic E-state index is 8.87. The van der Waals surface area contributed by atoms with Crippen molar-refractivity contribution in [3.63, 3.8) is 0 Å². The molecule has 84 valence electrons. The number of nitriles is 1. The highest BCUT2D eigenvalue weighted by Gasteiger charge is 2.40. The quantitative estimate of drug-likeness (QED) is 0.779. The first-order chi connectivity index (χ1) is 7.72. The monoisotopic (exact) mass is 217 g/mol. The van der Waals surface area contributed by atoms with E-state index >= 15 is 0 Å². The minimum Gasteiger partial charge on any atom is -0.496 e. The minimum absolute atomic E-state index is 0.0915. The van der Waals surface area contributed by atoms with E-state index in [4.69, 9.17) is 14.7 Å². The topological polar surface area (TPSA) is 42.2 Å². The van der Waals surface area contributed by atoms with Crippen molar-refractivity contribution in [2.75, 3.05) is 20.3 Å². The Bertz CT molecular complexity index is 430. The Balaban J connectivity index is 2.33. The van der Waals surface area contributed by atoms with Gasteiger partial charge in [-0.05, 0) is 24.1 Å². The zero-order chi connectivity index (χ0) is 11.6. The lowest BCUT2D eigenvalue weighted by atomic mass is 9.76. The lowest BCUT2D eigenvalue weighted by molar-refractivity contribution is -0.0577. The first-order valence-corrected chi connectivity index (χ1v) is 5.32. The summed E-state index contributed by atoms with van der Waals surface area (Å²) in [6, 6.07) is 8.34. The molecule has 0 aromatic heterocycles. The molecule has 0 unspecified atom stereocenters. The van der Waals surface area contributed by atoms with Gasteiger partial charge in [0.05, 0.1) is 31.8 Å². The van der Waals surface area contributed by atoms with Gasteiger partial charge in [0.25, 0.3) is 0 Å². The summed E-state index contributed by atoms with van der Waals surface area (Å²) in [5.74, 6) is 0.885. The van der Waals surface area contributed by atoms with Crippen molar-refractivity contribution in [2.24, 2.45) is 0 Å². The Kier molecular flexibility index (Phi) is 2.84. The van der Waals surface area contributed by atoms with E-state index in [1.807, 2.05) is 19.1 Å². The summed E-state index contributed by atoms with van der Waals surface area (Å²) in [5, 5.41) is 8.87. The third kappa shape index (κ3) is 1.66. The standard InChI is InChI=1S/C13H15NO2/c1-10-7-11(3-4-12(10)15-2)13(5-6-14)8-16-9-13/h3-4,7H,5,8-9H2,1-2H3. The second-order valence-electron chi connectivity index (χ2n) is 4.29. The fourth-order valence-corrected chi connectivity index (χ4v) is 2.08. The Labute approximate surface area is 95.6 Å². The SMILES string of the molecule is COc1ccc(C2(CC#N)COC2)cc1C. The molecule has 1 aliphatic heterocycles. The zero-order valence-corrected chi connectivity index (χ0v) is 9.62. The molecule has 1 saturated heterocycles. The number of rotatable bonds is 3. The summed E-state index contributed by atoms with van der Waals surface area (Å²) < 4.78 is 10.5. The van der Waals surface area contributed by atoms with Crippen LogP contribution in [0.1, 0.15) is 17.5 Å². The van der Waals surface area contributed by atoms with Crippen molar-refractivity contribution in [3.05, 3.63) is 29.3 Å². The van der Waals surface area contributed by atoms with Gasteiger partial charge >= 0.3 is 0 Å². The first kappa shape index (κ1) is 11.0. The van der Waals surface area contributed by atoms with Crippen LogP contribution < -0.4 is 4.74 Å². The molecule has 1 heterocycles. The summed E-state index contributed by atoms with van der Waals surface area (Å²) in [4.78, 5) is 0. The molecule has 2 rings (SSSR count). The number of benzene rings is 1. The van der Waals surface area contributed by atoms with E-state index in [-0.39, 0.29) is 5.41 Å². The average Bonchev–Trinajstić information content (AvgIpc) is 2.23. The van der Waals surface area contributed by atoms with E-state index in [1.165, 1.54) is 5.56 Å². The van der Waals surface area contributed by atoms with Gasteiger partial charge in [-0.15, -0.1) is 0 Å². The van der Waals surface area contributed by atoms with Crippen LogP contribution in [-0.4, -0.2) is 20.3 Å². The first-order valence-electron chi connectivity index (χ1n) is 5.32. The Morgan fingerprint density at radius 3 is 2.69 bits per heavy atom. The highest BCUT2D eigenvalue weighted by Crippen LogP contribution is 2.37. The third-order valence-electron chi connectivity index (χ3n) is 3.18. The molecule has 0 N–H and O–H groups in total. The predicted molar refractivity (Wildman–Crippen MR) is 60.5 cm³/mol. The molecule has 0 bridgehead atoms. The molecule has 0 atom stereocenters. The molecular weight excluding hydrogens is 202 g/mol. The van der Waals surface area contributed by atoms with Gasteiger partial charge in [0.15, 0.2) is 0 Å². The van der Waals surface area contributed by atoms with Gasteiger partial charge in [-0.1, -0.05) is 12.1 Å². The highest BCUT2D eigenvalue weighted by molar-refractivity contribution is 5.40. The summed E-state index contributed by atoms with van der Waals surface area (Å²) in [7, 11) is 1.67. The van der Waals surface area contributed by atoms with Crippen molar-refractivity contribution in [3.8, 4) is 11.8 Å². The van der Waals surface area contributed by atoms with Crippen molar-refractivity contribution in [1.29, 1.82) is 5.26 Å². The minimum atomic E-state index is -0.0915. The van der Waals surface area contributed by atoms with Crippen LogP contribution in [0.4, 0.5) is 0 Å². The van der Waals surface area contributed by atoms with E-state index < -0.39 is 0 Å². The summed E-state index contributed by atoms with van der Waals surface area (Å²) in [6.45, 7) is 3.31. The maximum absolute atomic E-state index is 8.87. The Morgan fingerprint density at radius 1 is 1.50 bits per heavy atom. The number of methoxy groups -OCH3 is 1. The maximum Gasteiger partial charge on any atom is 0.121 e. The molecule has 0 aliphatic carbocycles. The van der Waals surface area contributed by atoms with Gasteiger partial charge in [-0.2, -0.15) is 5.26 Å². The van der Waals surface area contributed by atoms with Crippen LogP contribution in [0.5, 0.6) is 5.75 Å². The van der Waals surface area contributed by atoms with Crippen LogP contribution in [0.3, 0.4) is 0 Å². The van der Waals surface area contributed by atoms with Crippen molar-refractivity contribution in [1.82, 2.24) is 0 Å². The predicted octanol–water partition coefficient (Wildman–Crippen LogP) is 2.19. The molecule has 16 heavy (non-hydrogen) atoms. The van der Waals surface area contributed by atoms with Crippen LogP contribution in [-0.2, 0) is 10.2 Å². The Morgan fingerprint density at radius 2 is 2.25 bits per heavy atom. The number of ether oxygens (including phenoxy) is 2. The molecule has 0 radical (unpaired) electrons. The summed E-state index contributed by atoms with van der Waals surface area (Å²) >= 11 is 0. The number of aryl methyl sites for hydroxylation is 1. The number of nitrogens with zero attached hydrogens (tertiary/aromatic N) is 1. The van der Waals surface area contributed by atoms with Gasteiger partial charge in [0.1, 0.15) is 5.75 Å². The lowest BCUT2D eigenvalue weighted by Crippen LogP contribution is -2.46. The molecule has 1 aromatic rings. The summed E-state index contributed by atoms with van der Waals surface area (Å²) in [6.07, 6.45) is 0.513. The van der Waals surface area contributed by atoms with E-state index in [0.717, 1.165) is 11.3 Å². The fourth-order valence-electron chi connectivity index (χ4n) is 2.08. The van der Waals surface area contributed by atoms with Gasteiger partial charge < -0.3 is 9.47 Å². The molecule has 3 heteroatoms. The van der Waals surface area contributed by atoms with Gasteiger partial charge in [0, 0.05) is 6.42 Å². The fraction of sp³-hybridized carbons (Fsp3) is 0.462. The molecule has 0 spiro atoms. The van der Waals surface area contributed by atoms with Crippen LogP contribution in [0.25, 0.3) is 0 Å². The number of hydrogen-bond donors (Lipinski definition) is 0. The molecule has 0 saturated carbocycles. The van der Waals surface area contributed by atoms with Crippen molar-refractivity contribution >= 4 is 0 Å². The smallest absolute Gasteiger partial charge is 0.121 e. The highest BCUT2D eigenvalue weighted by atomic mass is 16.5. The number of hydrogen-bond acceptors (Lipinski definition) is 3. The second-order valence-corrected chi connectivity index (χ2v) is 4.29. The second kappa shape index (κ2) is 4.15. The zero-order valence-electron chi connectivity index (χ0n) is 9.62. The third-order valence-corrected chi connectivity index (χ3v) is 3.18. The Hall–Kier alpha value is -1.53. The van der Waals surface area contributed by atoms with Crippen LogP contribution in [0.2, 0.25) is 0 Å². The van der Waals surface area contributed by atoms with Gasteiger partial charge in [-0.3, -0.25) is 0 Å². The van der Waals surface area contributed by atoms with E-state index in [9.17, 15) is 0 Å².